The zero-order chi connectivity index (χ0) is 23.8. The van der Waals surface area contributed by atoms with Gasteiger partial charge in [-0.1, -0.05) is 60.2 Å². The Labute approximate surface area is 202 Å². The molecule has 34 heavy (non-hydrogen) atoms. The molecule has 5 heteroatoms. The first-order chi connectivity index (χ1) is 16.6. The average molecular weight is 456 g/mol. The molecule has 1 N–H and O–H groups in total. The second-order valence-electron chi connectivity index (χ2n) is 8.98. The molecule has 1 aliphatic heterocycles. The Bertz CT molecular complexity index is 1070. The Kier molecular flexibility index (Phi) is 8.10. The van der Waals surface area contributed by atoms with E-state index < -0.39 is 0 Å². The Morgan fingerprint density at radius 1 is 0.853 bits per heavy atom. The van der Waals surface area contributed by atoms with E-state index in [0.29, 0.717) is 25.1 Å². The number of carbonyl (C=O) groups excluding carboxylic acids is 2. The number of anilines is 1. The van der Waals surface area contributed by atoms with Gasteiger partial charge in [-0.05, 0) is 68.2 Å². The van der Waals surface area contributed by atoms with E-state index >= 15 is 0 Å². The normalized spacial score (nSPS) is 13.6. The lowest BCUT2D eigenvalue weighted by molar-refractivity contribution is -0.120. The Morgan fingerprint density at radius 3 is 2.18 bits per heavy atom. The monoisotopic (exact) mass is 455 g/mol. The summed E-state index contributed by atoms with van der Waals surface area (Å²) in [7, 11) is 0. The molecule has 0 saturated carbocycles. The van der Waals surface area contributed by atoms with E-state index in [1.807, 2.05) is 54.6 Å². The maximum absolute atomic E-state index is 13.4. The van der Waals surface area contributed by atoms with E-state index in [1.165, 1.54) is 18.4 Å². The van der Waals surface area contributed by atoms with Crippen LogP contribution in [0.3, 0.4) is 0 Å². The first-order valence-corrected chi connectivity index (χ1v) is 12.1. The first kappa shape index (κ1) is 23.7. The summed E-state index contributed by atoms with van der Waals surface area (Å²) < 4.78 is 0. The van der Waals surface area contributed by atoms with Gasteiger partial charge < -0.3 is 15.1 Å². The van der Waals surface area contributed by atoms with Crippen molar-refractivity contribution in [2.45, 2.75) is 32.7 Å². The van der Waals surface area contributed by atoms with Gasteiger partial charge in [0.2, 0.25) is 5.91 Å². The van der Waals surface area contributed by atoms with Crippen molar-refractivity contribution in [2.24, 2.45) is 0 Å². The predicted molar refractivity (Wildman–Crippen MR) is 137 cm³/mol. The number of hydrogen-bond acceptors (Lipinski definition) is 3. The van der Waals surface area contributed by atoms with Crippen LogP contribution in [0.5, 0.6) is 0 Å². The lowest BCUT2D eigenvalue weighted by Gasteiger charge is -2.23. The molecule has 0 bridgehead atoms. The molecule has 0 aliphatic carbocycles. The van der Waals surface area contributed by atoms with Crippen LogP contribution in [-0.2, 0) is 17.8 Å². The SMILES string of the molecule is Cc1ccc(CN(C(=O)c2ccccc2)c2ccc(CC(=O)NCCN3CCCC3)cc2)cc1. The first-order valence-electron chi connectivity index (χ1n) is 12.1. The summed E-state index contributed by atoms with van der Waals surface area (Å²) in [6, 6.07) is 25.3. The third kappa shape index (κ3) is 6.55. The van der Waals surface area contributed by atoms with Crippen molar-refractivity contribution in [1.82, 2.24) is 10.2 Å². The highest BCUT2D eigenvalue weighted by atomic mass is 16.2. The van der Waals surface area contributed by atoms with Gasteiger partial charge in [0.1, 0.15) is 0 Å². The number of benzene rings is 3. The van der Waals surface area contributed by atoms with Crippen molar-refractivity contribution in [3.05, 3.63) is 101 Å². The Hall–Kier alpha value is -3.44. The zero-order valence-electron chi connectivity index (χ0n) is 19.9. The van der Waals surface area contributed by atoms with Crippen LogP contribution in [0.2, 0.25) is 0 Å². The Balaban J connectivity index is 1.42. The van der Waals surface area contributed by atoms with Crippen LogP contribution in [0.4, 0.5) is 5.69 Å². The van der Waals surface area contributed by atoms with E-state index in [2.05, 4.69) is 41.4 Å². The number of likely N-dealkylation sites (tertiary alicyclic amines) is 1. The van der Waals surface area contributed by atoms with Crippen LogP contribution >= 0.6 is 0 Å². The maximum Gasteiger partial charge on any atom is 0.258 e. The van der Waals surface area contributed by atoms with E-state index in [1.54, 1.807) is 4.90 Å². The van der Waals surface area contributed by atoms with Crippen LogP contribution in [0.25, 0.3) is 0 Å². The number of aryl methyl sites for hydroxylation is 1. The molecule has 176 valence electrons. The molecule has 0 spiro atoms. The fourth-order valence-corrected chi connectivity index (χ4v) is 4.29. The van der Waals surface area contributed by atoms with Gasteiger partial charge in [-0.15, -0.1) is 0 Å². The summed E-state index contributed by atoms with van der Waals surface area (Å²) in [5.74, 6) is -0.0163. The number of carbonyl (C=O) groups is 2. The van der Waals surface area contributed by atoms with Crippen LogP contribution in [-0.4, -0.2) is 42.9 Å². The fraction of sp³-hybridized carbons (Fsp3) is 0.310. The molecule has 0 radical (unpaired) electrons. The molecule has 5 nitrogen and oxygen atoms in total. The van der Waals surface area contributed by atoms with Crippen molar-refractivity contribution in [3.8, 4) is 0 Å². The van der Waals surface area contributed by atoms with Gasteiger partial charge in [0.05, 0.1) is 13.0 Å². The minimum atomic E-state index is -0.0476. The molecule has 0 aromatic heterocycles. The smallest absolute Gasteiger partial charge is 0.258 e. The van der Waals surface area contributed by atoms with Gasteiger partial charge in [0.15, 0.2) is 0 Å². The highest BCUT2D eigenvalue weighted by Gasteiger charge is 2.18. The summed E-state index contributed by atoms with van der Waals surface area (Å²) in [5.41, 5.74) is 4.65. The highest BCUT2D eigenvalue weighted by molar-refractivity contribution is 6.06. The van der Waals surface area contributed by atoms with Gasteiger partial charge in [0, 0.05) is 24.3 Å². The number of nitrogens with one attached hydrogen (secondary N) is 1. The second-order valence-corrected chi connectivity index (χ2v) is 8.98. The molecule has 0 unspecified atom stereocenters. The number of amides is 2. The van der Waals surface area contributed by atoms with Gasteiger partial charge in [-0.2, -0.15) is 0 Å². The molecule has 0 atom stereocenters. The predicted octanol–water partition coefficient (Wildman–Crippen LogP) is 4.60. The van der Waals surface area contributed by atoms with Gasteiger partial charge in [-0.3, -0.25) is 9.59 Å². The molecule has 2 amide bonds. The quantitative estimate of drug-likeness (QED) is 0.513. The Morgan fingerprint density at radius 2 is 1.50 bits per heavy atom. The van der Waals surface area contributed by atoms with Crippen molar-refractivity contribution in [2.75, 3.05) is 31.1 Å². The molecule has 1 heterocycles. The van der Waals surface area contributed by atoms with Crippen molar-refractivity contribution >= 4 is 17.5 Å². The largest absolute Gasteiger partial charge is 0.355 e. The summed E-state index contributed by atoms with van der Waals surface area (Å²) in [4.78, 5) is 29.9. The zero-order valence-corrected chi connectivity index (χ0v) is 19.9. The van der Waals surface area contributed by atoms with Crippen LogP contribution in [0.1, 0.15) is 39.9 Å². The van der Waals surface area contributed by atoms with Gasteiger partial charge >= 0.3 is 0 Å². The van der Waals surface area contributed by atoms with Crippen molar-refractivity contribution in [1.29, 1.82) is 0 Å². The molecule has 3 aromatic rings. The summed E-state index contributed by atoms with van der Waals surface area (Å²) in [6.07, 6.45) is 2.85. The maximum atomic E-state index is 13.4. The van der Waals surface area contributed by atoms with Crippen molar-refractivity contribution in [3.63, 3.8) is 0 Å². The third-order valence-corrected chi connectivity index (χ3v) is 6.29. The van der Waals surface area contributed by atoms with Gasteiger partial charge in [-0.25, -0.2) is 0 Å². The number of nitrogens with zero attached hydrogens (tertiary/aromatic N) is 2. The topological polar surface area (TPSA) is 52.7 Å². The molecule has 3 aromatic carbocycles. The van der Waals surface area contributed by atoms with E-state index in [0.717, 1.165) is 36.4 Å². The fourth-order valence-electron chi connectivity index (χ4n) is 4.29. The van der Waals surface area contributed by atoms with Crippen LogP contribution < -0.4 is 10.2 Å². The van der Waals surface area contributed by atoms with Crippen LogP contribution in [0, 0.1) is 6.92 Å². The third-order valence-electron chi connectivity index (χ3n) is 6.29. The molecule has 4 rings (SSSR count). The summed E-state index contributed by atoms with van der Waals surface area (Å²) in [6.45, 7) is 6.41. The van der Waals surface area contributed by atoms with Crippen molar-refractivity contribution < 1.29 is 9.59 Å². The minimum Gasteiger partial charge on any atom is -0.355 e. The molecular formula is C29H33N3O2. The molecule has 1 saturated heterocycles. The van der Waals surface area contributed by atoms with E-state index in [-0.39, 0.29) is 11.8 Å². The summed E-state index contributed by atoms with van der Waals surface area (Å²) >= 11 is 0. The lowest BCUT2D eigenvalue weighted by atomic mass is 10.1. The second kappa shape index (κ2) is 11.6. The summed E-state index contributed by atoms with van der Waals surface area (Å²) in [5, 5.41) is 3.03. The van der Waals surface area contributed by atoms with E-state index in [4.69, 9.17) is 0 Å². The van der Waals surface area contributed by atoms with Crippen LogP contribution in [0.15, 0.2) is 78.9 Å². The minimum absolute atomic E-state index is 0.0313. The molecule has 1 fully saturated rings. The van der Waals surface area contributed by atoms with Gasteiger partial charge in [0.25, 0.3) is 5.91 Å². The highest BCUT2D eigenvalue weighted by Crippen LogP contribution is 2.22. The molecular weight excluding hydrogens is 422 g/mol. The standard InChI is InChI=1S/C29H33N3O2/c1-23-9-11-25(12-10-23)22-32(29(34)26-7-3-2-4-8-26)27-15-13-24(14-16-27)21-28(33)30-17-20-31-18-5-6-19-31/h2-4,7-16H,5-6,17-22H2,1H3,(H,30,33). The average Bonchev–Trinajstić information content (AvgIpc) is 3.38. The number of rotatable bonds is 9. The number of hydrogen-bond donors (Lipinski definition) is 1. The molecule has 1 aliphatic rings. The lowest BCUT2D eigenvalue weighted by Crippen LogP contribution is -2.34. The van der Waals surface area contributed by atoms with E-state index in [9.17, 15) is 9.59 Å².